The van der Waals surface area contributed by atoms with Gasteiger partial charge in [0.15, 0.2) is 9.84 Å². The van der Waals surface area contributed by atoms with Crippen LogP contribution in [0.5, 0.6) is 0 Å². The third-order valence-corrected chi connectivity index (χ3v) is 4.58. The van der Waals surface area contributed by atoms with Crippen molar-refractivity contribution in [1.82, 2.24) is 5.32 Å². The number of aryl methyl sites for hydroxylation is 2. The number of hydrogen-bond donors (Lipinski definition) is 2. The highest BCUT2D eigenvalue weighted by molar-refractivity contribution is 7.90. The number of benzene rings is 1. The zero-order valence-electron chi connectivity index (χ0n) is 13.5. The Kier molecular flexibility index (Phi) is 4.79. The molecule has 23 heavy (non-hydrogen) atoms. The Morgan fingerprint density at radius 1 is 1.22 bits per heavy atom. The van der Waals surface area contributed by atoms with E-state index in [1.54, 1.807) is 18.2 Å². The molecule has 2 N–H and O–H groups in total. The maximum Gasteiger partial charge on any atom is 0.319 e. The molecule has 2 rings (SSSR count). The number of carbonyl (C=O) groups excluding carboxylic acids is 1. The lowest BCUT2D eigenvalue weighted by Crippen LogP contribution is -2.31. The van der Waals surface area contributed by atoms with E-state index in [9.17, 15) is 13.2 Å². The average Bonchev–Trinajstić information content (AvgIpc) is 2.77. The van der Waals surface area contributed by atoms with Gasteiger partial charge in [0.1, 0.15) is 11.5 Å². The fraction of sp³-hybridized carbons (Fsp3) is 0.312. The normalized spacial score (nSPS) is 12.7. The number of para-hydroxylation sites is 1. The fourth-order valence-electron chi connectivity index (χ4n) is 2.41. The van der Waals surface area contributed by atoms with Crippen LogP contribution >= 0.6 is 0 Å². The first kappa shape index (κ1) is 17.1. The first-order valence-corrected chi connectivity index (χ1v) is 9.01. The summed E-state index contributed by atoms with van der Waals surface area (Å²) < 4.78 is 28.9. The van der Waals surface area contributed by atoms with Crippen LogP contribution in [-0.2, 0) is 9.84 Å². The Labute approximate surface area is 135 Å². The Bertz CT molecular complexity index is 824. The third kappa shape index (κ3) is 4.13. The van der Waals surface area contributed by atoms with Gasteiger partial charge in [-0.2, -0.15) is 0 Å². The van der Waals surface area contributed by atoms with Gasteiger partial charge in [0.05, 0.1) is 16.6 Å². The van der Waals surface area contributed by atoms with E-state index in [1.165, 1.54) is 6.07 Å². The van der Waals surface area contributed by atoms with Gasteiger partial charge in [0.25, 0.3) is 0 Å². The number of rotatable bonds is 4. The minimum Gasteiger partial charge on any atom is -0.466 e. The van der Waals surface area contributed by atoms with Gasteiger partial charge in [-0.3, -0.25) is 0 Å². The van der Waals surface area contributed by atoms with E-state index in [0.29, 0.717) is 0 Å². The molecule has 7 heteroatoms. The van der Waals surface area contributed by atoms with Gasteiger partial charge < -0.3 is 15.1 Å². The van der Waals surface area contributed by atoms with E-state index in [0.717, 1.165) is 23.3 Å². The third-order valence-electron chi connectivity index (χ3n) is 3.43. The van der Waals surface area contributed by atoms with Crippen LogP contribution in [0.25, 0.3) is 0 Å². The molecule has 0 aliphatic rings. The van der Waals surface area contributed by atoms with Gasteiger partial charge in [-0.25, -0.2) is 13.2 Å². The standard InChI is InChI=1S/C16H20N2O4S/c1-10-9-13(12(3)22-10)11(2)17-16(19)18-14-7-5-6-8-15(14)23(4,20)21/h5-9,11H,1-4H3,(H2,17,18,19)/t11-/m1/s1. The number of furan rings is 1. The molecule has 0 fully saturated rings. The van der Waals surface area contributed by atoms with Crippen molar-refractivity contribution in [1.29, 1.82) is 0 Å². The zero-order valence-corrected chi connectivity index (χ0v) is 14.3. The lowest BCUT2D eigenvalue weighted by Gasteiger charge is -2.15. The Balaban J connectivity index is 2.13. The first-order valence-electron chi connectivity index (χ1n) is 7.12. The van der Waals surface area contributed by atoms with Gasteiger partial charge in [0.2, 0.25) is 0 Å². The summed E-state index contributed by atoms with van der Waals surface area (Å²) in [6, 6.07) is 7.40. The molecule has 1 atom stereocenters. The lowest BCUT2D eigenvalue weighted by molar-refractivity contribution is 0.249. The van der Waals surface area contributed by atoms with Gasteiger partial charge in [-0.15, -0.1) is 0 Å². The molecule has 6 nitrogen and oxygen atoms in total. The van der Waals surface area contributed by atoms with E-state index >= 15 is 0 Å². The molecule has 0 unspecified atom stereocenters. The van der Waals surface area contributed by atoms with Crippen LogP contribution in [0.2, 0.25) is 0 Å². The van der Waals surface area contributed by atoms with E-state index in [1.807, 2.05) is 26.8 Å². The van der Waals surface area contributed by atoms with Crippen LogP contribution in [0, 0.1) is 13.8 Å². The summed E-state index contributed by atoms with van der Waals surface area (Å²) in [6.07, 6.45) is 1.10. The molecular weight excluding hydrogens is 316 g/mol. The maximum atomic E-state index is 12.1. The molecule has 2 amide bonds. The monoisotopic (exact) mass is 336 g/mol. The number of sulfone groups is 1. The van der Waals surface area contributed by atoms with Crippen LogP contribution < -0.4 is 10.6 Å². The van der Waals surface area contributed by atoms with Gasteiger partial charge >= 0.3 is 6.03 Å². The predicted octanol–water partition coefficient (Wildman–Crippen LogP) is 3.18. The van der Waals surface area contributed by atoms with E-state index in [-0.39, 0.29) is 16.6 Å². The number of carbonyl (C=O) groups is 1. The van der Waals surface area contributed by atoms with E-state index < -0.39 is 15.9 Å². The molecule has 0 aliphatic carbocycles. The summed E-state index contributed by atoms with van der Waals surface area (Å²) in [5, 5.41) is 5.36. The molecule has 124 valence electrons. The Morgan fingerprint density at radius 2 is 1.87 bits per heavy atom. The maximum absolute atomic E-state index is 12.1. The summed E-state index contributed by atoms with van der Waals surface area (Å²) in [4.78, 5) is 12.2. The summed E-state index contributed by atoms with van der Waals surface area (Å²) in [7, 11) is -3.42. The van der Waals surface area contributed by atoms with Crippen molar-refractivity contribution in [2.24, 2.45) is 0 Å². The van der Waals surface area contributed by atoms with Crippen molar-refractivity contribution in [3.63, 3.8) is 0 Å². The number of amides is 2. The molecule has 0 saturated heterocycles. The number of anilines is 1. The molecule has 1 heterocycles. The highest BCUT2D eigenvalue weighted by atomic mass is 32.2. The molecule has 0 saturated carbocycles. The highest BCUT2D eigenvalue weighted by Gasteiger charge is 2.17. The van der Waals surface area contributed by atoms with Crippen molar-refractivity contribution in [3.8, 4) is 0 Å². The predicted molar refractivity (Wildman–Crippen MR) is 88.3 cm³/mol. The smallest absolute Gasteiger partial charge is 0.319 e. The van der Waals surface area contributed by atoms with Crippen molar-refractivity contribution in [2.75, 3.05) is 11.6 Å². The fourth-order valence-corrected chi connectivity index (χ4v) is 3.25. The topological polar surface area (TPSA) is 88.4 Å². The average molecular weight is 336 g/mol. The Morgan fingerprint density at radius 3 is 2.43 bits per heavy atom. The van der Waals surface area contributed by atoms with Crippen LogP contribution in [0.4, 0.5) is 10.5 Å². The zero-order chi connectivity index (χ0) is 17.2. The molecular formula is C16H20N2O4S. The van der Waals surface area contributed by atoms with Crippen molar-refractivity contribution in [2.45, 2.75) is 31.7 Å². The second kappa shape index (κ2) is 6.45. The Hall–Kier alpha value is -2.28. The summed E-state index contributed by atoms with van der Waals surface area (Å²) >= 11 is 0. The van der Waals surface area contributed by atoms with Crippen LogP contribution in [0.15, 0.2) is 39.6 Å². The van der Waals surface area contributed by atoms with Crippen molar-refractivity contribution < 1.29 is 17.6 Å². The SMILES string of the molecule is Cc1cc([C@@H](C)NC(=O)Nc2ccccc2S(C)(=O)=O)c(C)o1. The number of hydrogen-bond acceptors (Lipinski definition) is 4. The largest absolute Gasteiger partial charge is 0.466 e. The summed E-state index contributed by atoms with van der Waals surface area (Å²) in [6.45, 7) is 5.50. The second-order valence-electron chi connectivity index (χ2n) is 5.46. The molecule has 1 aromatic carbocycles. The van der Waals surface area contributed by atoms with E-state index in [2.05, 4.69) is 10.6 Å². The highest BCUT2D eigenvalue weighted by Crippen LogP contribution is 2.23. The lowest BCUT2D eigenvalue weighted by atomic mass is 10.1. The van der Waals surface area contributed by atoms with Crippen molar-refractivity contribution in [3.05, 3.63) is 47.4 Å². The molecule has 0 aliphatic heterocycles. The van der Waals surface area contributed by atoms with Crippen LogP contribution in [0.1, 0.15) is 30.0 Å². The van der Waals surface area contributed by atoms with Gasteiger partial charge in [0, 0.05) is 11.8 Å². The van der Waals surface area contributed by atoms with E-state index in [4.69, 9.17) is 4.42 Å². The minimum absolute atomic E-state index is 0.0816. The summed E-state index contributed by atoms with van der Waals surface area (Å²) in [5.41, 5.74) is 1.13. The molecule has 0 spiro atoms. The first-order chi connectivity index (χ1) is 10.7. The van der Waals surface area contributed by atoms with Crippen LogP contribution in [0.3, 0.4) is 0 Å². The van der Waals surface area contributed by atoms with Gasteiger partial charge in [-0.05, 0) is 39.0 Å². The molecule has 1 aromatic heterocycles. The number of nitrogens with one attached hydrogen (secondary N) is 2. The molecule has 0 radical (unpaired) electrons. The van der Waals surface area contributed by atoms with Crippen molar-refractivity contribution >= 4 is 21.6 Å². The summed E-state index contributed by atoms with van der Waals surface area (Å²) in [5.74, 6) is 1.51. The van der Waals surface area contributed by atoms with Gasteiger partial charge in [-0.1, -0.05) is 12.1 Å². The minimum atomic E-state index is -3.42. The molecule has 0 bridgehead atoms. The molecule has 2 aromatic rings. The second-order valence-corrected chi connectivity index (χ2v) is 7.44. The number of urea groups is 1. The quantitative estimate of drug-likeness (QED) is 0.897. The van der Waals surface area contributed by atoms with Crippen LogP contribution in [-0.4, -0.2) is 20.7 Å².